The second-order valence-electron chi connectivity index (χ2n) is 4.53. The molecule has 0 radical (unpaired) electrons. The minimum absolute atomic E-state index is 0.0254. The molecule has 0 aliphatic heterocycles. The Bertz CT molecular complexity index is 705. The van der Waals surface area contributed by atoms with Crippen LogP contribution in [-0.4, -0.2) is 10.0 Å². The van der Waals surface area contributed by atoms with Gasteiger partial charge in [0, 0.05) is 23.2 Å². The largest absolute Gasteiger partial charge is 0.506 e. The lowest BCUT2D eigenvalue weighted by Crippen LogP contribution is -2.03. The highest BCUT2D eigenvalue weighted by Crippen LogP contribution is 2.32. The number of benzene rings is 2. The summed E-state index contributed by atoms with van der Waals surface area (Å²) in [6.07, 6.45) is 0. The molecule has 0 unspecified atom stereocenters. The highest BCUT2D eigenvalue weighted by atomic mass is 35.5. The van der Waals surface area contributed by atoms with Crippen molar-refractivity contribution in [2.45, 2.75) is 13.5 Å². The third-order valence-electron chi connectivity index (χ3n) is 2.93. The number of nitro benzene ring substituents is 1. The molecule has 0 aliphatic rings. The monoisotopic (exact) mass is 326 g/mol. The molecule has 0 bridgehead atoms. The number of nitrogens with one attached hydrogen (secondary N) is 1. The van der Waals surface area contributed by atoms with E-state index in [1.165, 1.54) is 12.1 Å². The molecule has 0 spiro atoms. The lowest BCUT2D eigenvalue weighted by atomic mass is 10.1. The van der Waals surface area contributed by atoms with Crippen molar-refractivity contribution in [3.63, 3.8) is 0 Å². The molecule has 5 nitrogen and oxygen atoms in total. The van der Waals surface area contributed by atoms with Gasteiger partial charge in [0.1, 0.15) is 11.4 Å². The molecule has 0 saturated heterocycles. The molecule has 21 heavy (non-hydrogen) atoms. The molecule has 0 heterocycles. The van der Waals surface area contributed by atoms with Crippen molar-refractivity contribution >= 4 is 34.6 Å². The standard InChI is InChI=1S/C14H12Cl2N2O3/c1-8-2-3-12(13(4-8)18(20)21)17-7-9-5-10(15)6-11(16)14(9)19/h2-6,17,19H,7H2,1H3. The molecule has 0 aliphatic carbocycles. The molecular formula is C14H12Cl2N2O3. The quantitative estimate of drug-likeness (QED) is 0.639. The first kappa shape index (κ1) is 15.4. The number of aryl methyl sites for hydroxylation is 1. The Kier molecular flexibility index (Phi) is 4.55. The molecule has 2 aromatic carbocycles. The second kappa shape index (κ2) is 6.20. The van der Waals surface area contributed by atoms with Crippen LogP contribution in [0.15, 0.2) is 30.3 Å². The number of phenols is 1. The van der Waals surface area contributed by atoms with Crippen LogP contribution in [0.1, 0.15) is 11.1 Å². The summed E-state index contributed by atoms with van der Waals surface area (Å²) < 4.78 is 0. The molecule has 110 valence electrons. The topological polar surface area (TPSA) is 75.4 Å². The van der Waals surface area contributed by atoms with Crippen LogP contribution in [-0.2, 0) is 6.54 Å². The Labute approximate surface area is 131 Å². The fourth-order valence-corrected chi connectivity index (χ4v) is 2.42. The van der Waals surface area contributed by atoms with Gasteiger partial charge >= 0.3 is 0 Å². The third-order valence-corrected chi connectivity index (χ3v) is 3.43. The first-order valence-corrected chi connectivity index (χ1v) is 6.80. The number of nitrogens with zero attached hydrogens (tertiary/aromatic N) is 1. The highest BCUT2D eigenvalue weighted by molar-refractivity contribution is 6.35. The molecule has 0 amide bonds. The lowest BCUT2D eigenvalue weighted by Gasteiger charge is -2.10. The van der Waals surface area contributed by atoms with Gasteiger partial charge in [-0.2, -0.15) is 0 Å². The van der Waals surface area contributed by atoms with Gasteiger partial charge in [-0.3, -0.25) is 10.1 Å². The van der Waals surface area contributed by atoms with Gasteiger partial charge in [0.25, 0.3) is 5.69 Å². The Morgan fingerprint density at radius 3 is 2.67 bits per heavy atom. The van der Waals surface area contributed by atoms with Crippen LogP contribution in [0, 0.1) is 17.0 Å². The Morgan fingerprint density at radius 2 is 2.00 bits per heavy atom. The van der Waals surface area contributed by atoms with Gasteiger partial charge in [0.05, 0.1) is 9.95 Å². The van der Waals surface area contributed by atoms with Gasteiger partial charge < -0.3 is 10.4 Å². The van der Waals surface area contributed by atoms with E-state index in [9.17, 15) is 15.2 Å². The van der Waals surface area contributed by atoms with Gasteiger partial charge in [-0.25, -0.2) is 0 Å². The van der Waals surface area contributed by atoms with Crippen LogP contribution in [0.2, 0.25) is 10.0 Å². The molecule has 2 aromatic rings. The smallest absolute Gasteiger partial charge is 0.292 e. The summed E-state index contributed by atoms with van der Waals surface area (Å²) in [7, 11) is 0. The Hall–Kier alpha value is -1.98. The van der Waals surface area contributed by atoms with Crippen molar-refractivity contribution in [1.82, 2.24) is 0 Å². The molecule has 0 atom stereocenters. The Morgan fingerprint density at radius 1 is 1.29 bits per heavy atom. The van der Waals surface area contributed by atoms with Gasteiger partial charge in [-0.05, 0) is 30.7 Å². The van der Waals surface area contributed by atoms with Crippen LogP contribution in [0.5, 0.6) is 5.75 Å². The molecule has 2 rings (SSSR count). The summed E-state index contributed by atoms with van der Waals surface area (Å²) >= 11 is 11.7. The zero-order valence-corrected chi connectivity index (χ0v) is 12.6. The van der Waals surface area contributed by atoms with Gasteiger partial charge in [-0.15, -0.1) is 0 Å². The van der Waals surface area contributed by atoms with Crippen LogP contribution >= 0.6 is 23.2 Å². The summed E-state index contributed by atoms with van der Waals surface area (Å²) in [5.74, 6) is -0.0941. The van der Waals surface area contributed by atoms with Crippen LogP contribution in [0.3, 0.4) is 0 Å². The first-order chi connectivity index (χ1) is 9.88. The number of nitro groups is 1. The van der Waals surface area contributed by atoms with E-state index in [-0.39, 0.29) is 23.0 Å². The van der Waals surface area contributed by atoms with E-state index in [2.05, 4.69) is 5.32 Å². The molecular weight excluding hydrogens is 315 g/mol. The van der Waals surface area contributed by atoms with E-state index in [1.807, 2.05) is 0 Å². The molecule has 0 saturated carbocycles. The third kappa shape index (κ3) is 3.56. The minimum atomic E-state index is -0.458. The number of hydrogen-bond donors (Lipinski definition) is 2. The maximum atomic E-state index is 11.0. The Balaban J connectivity index is 2.27. The summed E-state index contributed by atoms with van der Waals surface area (Å²) in [4.78, 5) is 10.6. The minimum Gasteiger partial charge on any atom is -0.506 e. The number of aromatic hydroxyl groups is 1. The second-order valence-corrected chi connectivity index (χ2v) is 5.37. The summed E-state index contributed by atoms with van der Waals surface area (Å²) in [5.41, 5.74) is 1.59. The van der Waals surface area contributed by atoms with Crippen molar-refractivity contribution in [2.75, 3.05) is 5.32 Å². The fourth-order valence-electron chi connectivity index (χ4n) is 1.89. The number of hydrogen-bond acceptors (Lipinski definition) is 4. The van der Waals surface area contributed by atoms with Gasteiger partial charge in [-0.1, -0.05) is 29.3 Å². The van der Waals surface area contributed by atoms with E-state index in [4.69, 9.17) is 23.2 Å². The normalized spacial score (nSPS) is 10.4. The SMILES string of the molecule is Cc1ccc(NCc2cc(Cl)cc(Cl)c2O)c([N+](=O)[O-])c1. The lowest BCUT2D eigenvalue weighted by molar-refractivity contribution is -0.384. The average molecular weight is 327 g/mol. The maximum Gasteiger partial charge on any atom is 0.292 e. The number of rotatable bonds is 4. The molecule has 7 heteroatoms. The van der Waals surface area contributed by atoms with Gasteiger partial charge in [0.2, 0.25) is 0 Å². The zero-order valence-electron chi connectivity index (χ0n) is 11.1. The van der Waals surface area contributed by atoms with E-state index >= 15 is 0 Å². The van der Waals surface area contributed by atoms with Crippen molar-refractivity contribution in [1.29, 1.82) is 0 Å². The summed E-state index contributed by atoms with van der Waals surface area (Å²) in [6, 6.07) is 7.84. The number of anilines is 1. The van der Waals surface area contributed by atoms with Crippen LogP contribution < -0.4 is 5.32 Å². The zero-order chi connectivity index (χ0) is 15.6. The van der Waals surface area contributed by atoms with Crippen molar-refractivity contribution < 1.29 is 10.0 Å². The molecule has 0 aromatic heterocycles. The first-order valence-electron chi connectivity index (χ1n) is 6.04. The predicted molar refractivity (Wildman–Crippen MR) is 83.3 cm³/mol. The van der Waals surface area contributed by atoms with Crippen molar-refractivity contribution in [3.05, 3.63) is 61.6 Å². The highest BCUT2D eigenvalue weighted by Gasteiger charge is 2.14. The van der Waals surface area contributed by atoms with E-state index in [0.29, 0.717) is 16.3 Å². The van der Waals surface area contributed by atoms with E-state index < -0.39 is 4.92 Å². The number of halogens is 2. The van der Waals surface area contributed by atoms with Crippen LogP contribution in [0.4, 0.5) is 11.4 Å². The summed E-state index contributed by atoms with van der Waals surface area (Å²) in [6.45, 7) is 1.94. The van der Waals surface area contributed by atoms with E-state index in [0.717, 1.165) is 5.56 Å². The van der Waals surface area contributed by atoms with Crippen LogP contribution in [0.25, 0.3) is 0 Å². The van der Waals surface area contributed by atoms with Crippen molar-refractivity contribution in [3.8, 4) is 5.75 Å². The average Bonchev–Trinajstić information content (AvgIpc) is 2.42. The number of phenolic OH excluding ortho intramolecular Hbond substituents is 1. The molecule has 0 fully saturated rings. The maximum absolute atomic E-state index is 11.0. The van der Waals surface area contributed by atoms with E-state index in [1.54, 1.807) is 25.1 Å². The summed E-state index contributed by atoms with van der Waals surface area (Å²) in [5, 5.41) is 24.3. The predicted octanol–water partition coefficient (Wildman–Crippen LogP) is 4.53. The van der Waals surface area contributed by atoms with Gasteiger partial charge in [0.15, 0.2) is 0 Å². The molecule has 2 N–H and O–H groups in total. The van der Waals surface area contributed by atoms with Crippen molar-refractivity contribution in [2.24, 2.45) is 0 Å². The fraction of sp³-hybridized carbons (Fsp3) is 0.143.